The summed E-state index contributed by atoms with van der Waals surface area (Å²) in [6.45, 7) is 11.6. The van der Waals surface area contributed by atoms with E-state index in [0.29, 0.717) is 35.0 Å². The zero-order valence-corrected chi connectivity index (χ0v) is 24.3. The van der Waals surface area contributed by atoms with Crippen LogP contribution in [-0.4, -0.2) is 50.1 Å². The highest BCUT2D eigenvalue weighted by Gasteiger charge is 2.38. The number of halogens is 1. The molecule has 0 radical (unpaired) electrons. The topological polar surface area (TPSA) is 146 Å². The number of nitrogens with one attached hydrogen (secondary N) is 2. The molecule has 13 heteroatoms. The van der Waals surface area contributed by atoms with Crippen LogP contribution in [0.4, 0.5) is 5.82 Å². The number of nitrogen functional groups attached to an aromatic ring is 1. The van der Waals surface area contributed by atoms with Gasteiger partial charge in [0, 0.05) is 11.1 Å². The molecule has 0 bridgehead atoms. The molecule has 0 amide bonds. The summed E-state index contributed by atoms with van der Waals surface area (Å²) in [5.41, 5.74) is 7.63. The Bertz CT molecular complexity index is 1320. The monoisotopic (exact) mass is 565 g/mol. The van der Waals surface area contributed by atoms with E-state index in [9.17, 15) is 9.36 Å². The molecule has 0 fully saturated rings. The Morgan fingerprint density at radius 2 is 2.00 bits per heavy atom. The molecule has 1 aromatic carbocycles. The van der Waals surface area contributed by atoms with Crippen LogP contribution in [0, 0.1) is 6.92 Å². The number of nitrogens with zero attached hydrogens (tertiary/aromatic N) is 4. The van der Waals surface area contributed by atoms with Crippen LogP contribution >= 0.6 is 19.0 Å². The number of nitrogens with two attached hydrogens (primary N) is 1. The van der Waals surface area contributed by atoms with Gasteiger partial charge in [-0.05, 0) is 64.3 Å². The minimum Gasteiger partial charge on any atom is -0.464 e. The number of benzene rings is 1. The number of carbonyl (C=O) groups excluding carboxylic acids is 1. The molecule has 0 saturated carbocycles. The van der Waals surface area contributed by atoms with Gasteiger partial charge in [-0.25, -0.2) is 25.1 Å². The molecule has 1 unspecified atom stereocenters. The Balaban J connectivity index is 1.79. The van der Waals surface area contributed by atoms with Gasteiger partial charge in [0.25, 0.3) is 0 Å². The van der Waals surface area contributed by atoms with Gasteiger partial charge >= 0.3 is 5.97 Å². The van der Waals surface area contributed by atoms with Gasteiger partial charge < -0.3 is 19.8 Å². The van der Waals surface area contributed by atoms with E-state index >= 15 is 0 Å². The van der Waals surface area contributed by atoms with E-state index in [1.165, 1.54) is 6.33 Å². The van der Waals surface area contributed by atoms with Crippen molar-refractivity contribution in [1.82, 2.24) is 29.7 Å². The Kier molecular flexibility index (Phi) is 9.89. The van der Waals surface area contributed by atoms with Crippen LogP contribution in [0.15, 0.2) is 30.9 Å². The highest BCUT2D eigenvalue weighted by Crippen LogP contribution is 2.43. The summed E-state index contributed by atoms with van der Waals surface area (Å²) in [6.07, 6.45) is 3.13. The number of esters is 1. The number of fused-ring (bicyclic) bond motifs is 1. The largest absolute Gasteiger partial charge is 0.464 e. The number of anilines is 1. The number of rotatable bonds is 13. The number of ether oxygens (including phenoxy) is 2. The molecular formula is C25H37ClN7O4P. The highest BCUT2D eigenvalue weighted by atomic mass is 35.5. The van der Waals surface area contributed by atoms with E-state index in [-0.39, 0.29) is 25.1 Å². The van der Waals surface area contributed by atoms with Gasteiger partial charge in [-0.1, -0.05) is 24.6 Å². The predicted molar refractivity (Wildman–Crippen MR) is 149 cm³/mol. The lowest BCUT2D eigenvalue weighted by Crippen LogP contribution is -2.49. The van der Waals surface area contributed by atoms with E-state index in [1.807, 2.05) is 39.8 Å². The molecule has 2 heterocycles. The predicted octanol–water partition coefficient (Wildman–Crippen LogP) is 4.60. The summed E-state index contributed by atoms with van der Waals surface area (Å²) in [6, 6.07) is 5.20. The van der Waals surface area contributed by atoms with Crippen molar-refractivity contribution in [2.45, 2.75) is 72.2 Å². The van der Waals surface area contributed by atoms with Crippen LogP contribution in [0.3, 0.4) is 0 Å². The van der Waals surface area contributed by atoms with Gasteiger partial charge in [-0.15, -0.1) is 0 Å². The van der Waals surface area contributed by atoms with Crippen molar-refractivity contribution < 1.29 is 18.8 Å². The Hall–Kier alpha value is -2.56. The number of aromatic nitrogens is 4. The lowest BCUT2D eigenvalue weighted by Gasteiger charge is -2.33. The molecule has 3 atom stereocenters. The normalized spacial score (nSPS) is 15.2. The maximum atomic E-state index is 14.3. The zero-order valence-electron chi connectivity index (χ0n) is 22.7. The maximum absolute atomic E-state index is 14.3. The molecule has 0 saturated heterocycles. The van der Waals surface area contributed by atoms with Crippen molar-refractivity contribution in [2.75, 3.05) is 18.7 Å². The van der Waals surface area contributed by atoms with Crippen LogP contribution in [0.1, 0.15) is 58.2 Å². The van der Waals surface area contributed by atoms with Crippen LogP contribution in [0.5, 0.6) is 0 Å². The van der Waals surface area contributed by atoms with Crippen molar-refractivity contribution >= 4 is 42.0 Å². The standard InChI is InChI=1S/C25H37ClN7O4P/c1-7-10-36-24(34)25(5,6)32-38(35,31-18(4)20-9-8-19(26)11-16(20)2)15-37-17(3)12-33-14-30-21-22(27)28-13-29-23(21)33/h8-9,11,13-14,17-18H,7,10,12,15H2,1-6H3,(H2,27,28,29)(H2,31,32,35)/t17-,18-,38?/m1/s1. The van der Waals surface area contributed by atoms with Crippen molar-refractivity contribution in [3.8, 4) is 0 Å². The molecule has 0 aliphatic carbocycles. The van der Waals surface area contributed by atoms with Crippen LogP contribution in [-0.2, 0) is 25.4 Å². The maximum Gasteiger partial charge on any atom is 0.326 e. The van der Waals surface area contributed by atoms with E-state index in [0.717, 1.165) is 11.1 Å². The van der Waals surface area contributed by atoms with Crippen molar-refractivity contribution in [1.29, 1.82) is 0 Å². The number of hydrogen-bond donors (Lipinski definition) is 3. The molecule has 3 rings (SSSR count). The van der Waals surface area contributed by atoms with E-state index < -0.39 is 19.0 Å². The fourth-order valence-corrected chi connectivity index (χ4v) is 6.73. The minimum atomic E-state index is -3.51. The number of imidazole rings is 1. The fourth-order valence-electron chi connectivity index (χ4n) is 4.08. The molecule has 4 N–H and O–H groups in total. The van der Waals surface area contributed by atoms with E-state index in [2.05, 4.69) is 25.1 Å². The summed E-state index contributed by atoms with van der Waals surface area (Å²) in [5, 5.41) is 6.85. The van der Waals surface area contributed by atoms with Crippen molar-refractivity contribution in [3.63, 3.8) is 0 Å². The minimum absolute atomic E-state index is 0.181. The summed E-state index contributed by atoms with van der Waals surface area (Å²) in [5.74, 6) is -0.198. The second kappa shape index (κ2) is 12.5. The van der Waals surface area contributed by atoms with Crippen LogP contribution in [0.25, 0.3) is 11.2 Å². The third kappa shape index (κ3) is 7.51. The molecule has 0 aliphatic rings. The average molecular weight is 566 g/mol. The first kappa shape index (κ1) is 30.0. The van der Waals surface area contributed by atoms with E-state index in [1.54, 1.807) is 30.8 Å². The molecular weight excluding hydrogens is 529 g/mol. The molecule has 208 valence electrons. The van der Waals surface area contributed by atoms with Crippen LogP contribution in [0.2, 0.25) is 5.02 Å². The molecule has 0 spiro atoms. The first-order valence-corrected chi connectivity index (χ1v) is 14.7. The molecule has 11 nitrogen and oxygen atoms in total. The Labute approximate surface area is 228 Å². The lowest BCUT2D eigenvalue weighted by atomic mass is 10.0. The fraction of sp³-hybridized carbons (Fsp3) is 0.520. The summed E-state index contributed by atoms with van der Waals surface area (Å²) < 4.78 is 27.5. The zero-order chi connectivity index (χ0) is 28.1. The molecule has 0 aliphatic heterocycles. The van der Waals surface area contributed by atoms with E-state index in [4.69, 9.17) is 26.8 Å². The smallest absolute Gasteiger partial charge is 0.326 e. The Morgan fingerprint density at radius 1 is 1.26 bits per heavy atom. The van der Waals surface area contributed by atoms with Gasteiger partial charge in [0.1, 0.15) is 23.7 Å². The van der Waals surface area contributed by atoms with Crippen LogP contribution < -0.4 is 15.9 Å². The van der Waals surface area contributed by atoms with Gasteiger partial charge in [0.15, 0.2) is 11.5 Å². The van der Waals surface area contributed by atoms with Gasteiger partial charge in [-0.3, -0.25) is 9.36 Å². The van der Waals surface area contributed by atoms with Gasteiger partial charge in [0.2, 0.25) is 7.44 Å². The summed E-state index contributed by atoms with van der Waals surface area (Å²) in [7, 11) is -3.51. The Morgan fingerprint density at radius 3 is 2.68 bits per heavy atom. The second-order valence-electron chi connectivity index (χ2n) is 9.90. The highest BCUT2D eigenvalue weighted by molar-refractivity contribution is 7.59. The lowest BCUT2D eigenvalue weighted by molar-refractivity contribution is -0.149. The third-order valence-corrected chi connectivity index (χ3v) is 8.40. The average Bonchev–Trinajstić information content (AvgIpc) is 3.24. The van der Waals surface area contributed by atoms with Gasteiger partial charge in [0.05, 0.1) is 25.6 Å². The quantitative estimate of drug-likeness (QED) is 0.198. The van der Waals surface area contributed by atoms with Crippen molar-refractivity contribution in [3.05, 3.63) is 47.0 Å². The number of hydrogen-bond acceptors (Lipinski definition) is 8. The SMILES string of the molecule is CCCOC(=O)C(C)(C)NP(=O)(CO[C@H](C)Cn1cnc2c(N)ncnc21)N[C@H](C)c1ccc(Cl)cc1C. The third-order valence-electron chi connectivity index (χ3n) is 5.93. The molecule has 2 aromatic heterocycles. The molecule has 3 aromatic rings. The number of carbonyl (C=O) groups is 1. The van der Waals surface area contributed by atoms with Crippen molar-refractivity contribution in [2.24, 2.45) is 0 Å². The second-order valence-corrected chi connectivity index (χ2v) is 12.6. The summed E-state index contributed by atoms with van der Waals surface area (Å²) >= 11 is 6.13. The van der Waals surface area contributed by atoms with Gasteiger partial charge in [-0.2, -0.15) is 0 Å². The molecule has 38 heavy (non-hydrogen) atoms. The summed E-state index contributed by atoms with van der Waals surface area (Å²) in [4.78, 5) is 25.2. The first-order chi connectivity index (χ1) is 17.8. The first-order valence-electron chi connectivity index (χ1n) is 12.5. The number of aryl methyl sites for hydroxylation is 1.